The van der Waals surface area contributed by atoms with Gasteiger partial charge in [0, 0.05) is 17.9 Å². The van der Waals surface area contributed by atoms with E-state index < -0.39 is 0 Å². The van der Waals surface area contributed by atoms with Crippen molar-refractivity contribution < 1.29 is 14.2 Å². The Bertz CT molecular complexity index is 781. The van der Waals surface area contributed by atoms with E-state index in [-0.39, 0.29) is 5.96 Å². The number of rotatable bonds is 9. The molecule has 0 heterocycles. The van der Waals surface area contributed by atoms with Gasteiger partial charge in [-0.25, -0.2) is 4.99 Å². The van der Waals surface area contributed by atoms with Crippen LogP contribution in [0.4, 0.5) is 5.69 Å². The van der Waals surface area contributed by atoms with Gasteiger partial charge in [-0.3, -0.25) is 0 Å². The number of hydrogen-bond acceptors (Lipinski definition) is 4. The van der Waals surface area contributed by atoms with E-state index in [1.165, 1.54) is 0 Å². The van der Waals surface area contributed by atoms with Crippen LogP contribution in [0.5, 0.6) is 11.5 Å². The molecule has 27 heavy (non-hydrogen) atoms. The van der Waals surface area contributed by atoms with E-state index in [1.54, 1.807) is 19.2 Å². The molecule has 2 aromatic rings. The minimum absolute atomic E-state index is 0.289. The van der Waals surface area contributed by atoms with Crippen molar-refractivity contribution in [3.05, 3.63) is 52.5 Å². The number of ether oxygens (including phenoxy) is 3. The summed E-state index contributed by atoms with van der Waals surface area (Å²) in [4.78, 5) is 4.39. The van der Waals surface area contributed by atoms with Crippen LogP contribution in [0, 0.1) is 6.92 Å². The number of guanidine groups is 1. The zero-order valence-electron chi connectivity index (χ0n) is 15.9. The van der Waals surface area contributed by atoms with Gasteiger partial charge in [-0.1, -0.05) is 23.7 Å². The summed E-state index contributed by atoms with van der Waals surface area (Å²) >= 11 is 6.12. The molecule has 0 saturated carbocycles. The third-order valence-electron chi connectivity index (χ3n) is 3.76. The van der Waals surface area contributed by atoms with Crippen molar-refractivity contribution >= 4 is 23.2 Å². The standard InChI is InChI=1S/C20H26ClN3O3/c1-4-26-9-10-27-19-11-14(2)5-6-15(19)13-23-20(22)24-16-7-8-18(25-3)17(21)12-16/h5-8,11-12H,4,9-10,13H2,1-3H3,(H3,22,23,24). The molecule has 2 rings (SSSR count). The molecule has 0 bridgehead atoms. The molecule has 0 aliphatic rings. The maximum absolute atomic E-state index is 6.12. The predicted octanol–water partition coefficient (Wildman–Crippen LogP) is 4.00. The highest BCUT2D eigenvalue weighted by Crippen LogP contribution is 2.27. The van der Waals surface area contributed by atoms with Gasteiger partial charge < -0.3 is 25.3 Å². The number of methoxy groups -OCH3 is 1. The Morgan fingerprint density at radius 1 is 1.15 bits per heavy atom. The monoisotopic (exact) mass is 391 g/mol. The lowest BCUT2D eigenvalue weighted by Crippen LogP contribution is -2.22. The lowest BCUT2D eigenvalue weighted by molar-refractivity contribution is 0.110. The molecular weight excluding hydrogens is 366 g/mol. The van der Waals surface area contributed by atoms with Crippen LogP contribution < -0.4 is 20.5 Å². The van der Waals surface area contributed by atoms with Crippen LogP contribution >= 0.6 is 11.6 Å². The third-order valence-corrected chi connectivity index (χ3v) is 4.05. The minimum atomic E-state index is 0.289. The number of aryl methyl sites for hydroxylation is 1. The summed E-state index contributed by atoms with van der Waals surface area (Å²) in [6.45, 7) is 6.09. The molecule has 0 saturated heterocycles. The zero-order chi connectivity index (χ0) is 19.6. The summed E-state index contributed by atoms with van der Waals surface area (Å²) in [5, 5.41) is 3.52. The molecule has 0 atom stereocenters. The van der Waals surface area contributed by atoms with Crippen LogP contribution in [0.1, 0.15) is 18.1 Å². The first-order chi connectivity index (χ1) is 13.0. The molecule has 0 spiro atoms. The van der Waals surface area contributed by atoms with E-state index in [9.17, 15) is 0 Å². The number of nitrogens with one attached hydrogen (secondary N) is 1. The number of aliphatic imine (C=N–C) groups is 1. The highest BCUT2D eigenvalue weighted by molar-refractivity contribution is 6.32. The van der Waals surface area contributed by atoms with Crippen LogP contribution in [0.3, 0.4) is 0 Å². The van der Waals surface area contributed by atoms with Gasteiger partial charge in [-0.05, 0) is 43.7 Å². The molecular formula is C20H26ClN3O3. The SMILES string of the molecule is CCOCCOc1cc(C)ccc1CN=C(N)Nc1ccc(OC)c(Cl)c1. The lowest BCUT2D eigenvalue weighted by atomic mass is 10.1. The number of nitrogens with zero attached hydrogens (tertiary/aromatic N) is 1. The average molecular weight is 392 g/mol. The second kappa shape index (κ2) is 10.6. The van der Waals surface area contributed by atoms with Crippen LogP contribution in [0.2, 0.25) is 5.02 Å². The Kier molecular flexibility index (Phi) is 8.23. The summed E-state index contributed by atoms with van der Waals surface area (Å²) < 4.78 is 16.3. The highest BCUT2D eigenvalue weighted by Gasteiger charge is 2.06. The summed E-state index contributed by atoms with van der Waals surface area (Å²) in [5.41, 5.74) is 8.80. The number of benzene rings is 2. The maximum atomic E-state index is 6.12. The van der Waals surface area contributed by atoms with Crippen molar-refractivity contribution in [1.82, 2.24) is 0 Å². The van der Waals surface area contributed by atoms with Gasteiger partial charge in [0.1, 0.15) is 18.1 Å². The topological polar surface area (TPSA) is 78.1 Å². The first-order valence-corrected chi connectivity index (χ1v) is 9.11. The largest absolute Gasteiger partial charge is 0.495 e. The minimum Gasteiger partial charge on any atom is -0.495 e. The predicted molar refractivity (Wildman–Crippen MR) is 110 cm³/mol. The van der Waals surface area contributed by atoms with Gasteiger partial charge in [0.05, 0.1) is 25.3 Å². The van der Waals surface area contributed by atoms with Crippen LogP contribution in [-0.2, 0) is 11.3 Å². The van der Waals surface area contributed by atoms with Gasteiger partial charge in [0.2, 0.25) is 0 Å². The van der Waals surface area contributed by atoms with Crippen molar-refractivity contribution in [2.24, 2.45) is 10.7 Å². The fourth-order valence-electron chi connectivity index (χ4n) is 2.38. The third kappa shape index (κ3) is 6.66. The molecule has 0 radical (unpaired) electrons. The molecule has 3 N–H and O–H groups in total. The van der Waals surface area contributed by atoms with Crippen LogP contribution in [0.15, 0.2) is 41.4 Å². The number of anilines is 1. The number of halogens is 1. The summed E-state index contributed by atoms with van der Waals surface area (Å²) in [6, 6.07) is 11.3. The first-order valence-electron chi connectivity index (χ1n) is 8.74. The van der Waals surface area contributed by atoms with E-state index in [4.69, 9.17) is 31.5 Å². The fraction of sp³-hybridized carbons (Fsp3) is 0.350. The van der Waals surface area contributed by atoms with Crippen molar-refractivity contribution in [2.75, 3.05) is 32.2 Å². The van der Waals surface area contributed by atoms with E-state index >= 15 is 0 Å². The van der Waals surface area contributed by atoms with Gasteiger partial charge in [0.25, 0.3) is 0 Å². The Morgan fingerprint density at radius 3 is 2.67 bits per heavy atom. The average Bonchev–Trinajstić information content (AvgIpc) is 2.64. The molecule has 2 aromatic carbocycles. The van der Waals surface area contributed by atoms with E-state index in [0.29, 0.717) is 37.1 Å². The van der Waals surface area contributed by atoms with Crippen LogP contribution in [-0.4, -0.2) is 32.9 Å². The summed E-state index contributed by atoms with van der Waals surface area (Å²) in [7, 11) is 1.57. The quantitative estimate of drug-likeness (QED) is 0.384. The Morgan fingerprint density at radius 2 is 1.96 bits per heavy atom. The van der Waals surface area contributed by atoms with Gasteiger partial charge in [-0.15, -0.1) is 0 Å². The van der Waals surface area contributed by atoms with Crippen molar-refractivity contribution in [2.45, 2.75) is 20.4 Å². The van der Waals surface area contributed by atoms with Gasteiger partial charge >= 0.3 is 0 Å². The molecule has 7 heteroatoms. The lowest BCUT2D eigenvalue weighted by Gasteiger charge is -2.12. The Hall–Kier alpha value is -2.44. The second-order valence-corrected chi connectivity index (χ2v) is 6.24. The Balaban J connectivity index is 2.02. The van der Waals surface area contributed by atoms with Crippen molar-refractivity contribution in [3.8, 4) is 11.5 Å². The van der Waals surface area contributed by atoms with E-state index in [2.05, 4.69) is 10.3 Å². The highest BCUT2D eigenvalue weighted by atomic mass is 35.5. The first kappa shape index (κ1) is 20.9. The molecule has 0 fully saturated rings. The number of nitrogens with two attached hydrogens (primary N) is 1. The molecule has 0 aliphatic heterocycles. The molecule has 0 aliphatic carbocycles. The fourth-order valence-corrected chi connectivity index (χ4v) is 2.64. The summed E-state index contributed by atoms with van der Waals surface area (Å²) in [6.07, 6.45) is 0. The normalized spacial score (nSPS) is 11.3. The van der Waals surface area contributed by atoms with Gasteiger partial charge in [0.15, 0.2) is 5.96 Å². The van der Waals surface area contributed by atoms with Crippen molar-refractivity contribution in [3.63, 3.8) is 0 Å². The van der Waals surface area contributed by atoms with E-state index in [0.717, 1.165) is 22.6 Å². The Labute approximate surface area is 165 Å². The molecule has 0 aromatic heterocycles. The molecule has 0 unspecified atom stereocenters. The smallest absolute Gasteiger partial charge is 0.193 e. The maximum Gasteiger partial charge on any atom is 0.193 e. The molecule has 6 nitrogen and oxygen atoms in total. The molecule has 0 amide bonds. The zero-order valence-corrected chi connectivity index (χ0v) is 16.7. The summed E-state index contributed by atoms with van der Waals surface area (Å²) in [5.74, 6) is 1.68. The molecule has 146 valence electrons. The van der Waals surface area contributed by atoms with Gasteiger partial charge in [-0.2, -0.15) is 0 Å². The van der Waals surface area contributed by atoms with Crippen LogP contribution in [0.25, 0.3) is 0 Å². The van der Waals surface area contributed by atoms with E-state index in [1.807, 2.05) is 38.1 Å². The van der Waals surface area contributed by atoms with Crippen molar-refractivity contribution in [1.29, 1.82) is 0 Å². The second-order valence-electron chi connectivity index (χ2n) is 5.83. The number of hydrogen-bond donors (Lipinski definition) is 2.